The van der Waals surface area contributed by atoms with Crippen LogP contribution < -0.4 is 11.1 Å². The van der Waals surface area contributed by atoms with Gasteiger partial charge >= 0.3 is 0 Å². The molecule has 6 nitrogen and oxygen atoms in total. The maximum atomic E-state index is 5.79. The second kappa shape index (κ2) is 6.10. The zero-order valence-electron chi connectivity index (χ0n) is 14.4. The monoisotopic (exact) mass is 352 g/mol. The summed E-state index contributed by atoms with van der Waals surface area (Å²) in [6, 6.07) is 25.5. The maximum absolute atomic E-state index is 5.79. The van der Waals surface area contributed by atoms with Crippen molar-refractivity contribution < 1.29 is 0 Å². The molecule has 0 aliphatic heterocycles. The molecule has 0 spiro atoms. The van der Waals surface area contributed by atoms with Crippen LogP contribution in [0.3, 0.4) is 0 Å². The van der Waals surface area contributed by atoms with Crippen LogP contribution in [0.5, 0.6) is 0 Å². The van der Waals surface area contributed by atoms with Crippen molar-refractivity contribution in [1.29, 1.82) is 0 Å². The molecular weight excluding hydrogens is 336 g/mol. The summed E-state index contributed by atoms with van der Waals surface area (Å²) in [5.74, 6) is 1.44. The number of hydrogen-bond acceptors (Lipinski definition) is 5. The third-order valence-electron chi connectivity index (χ3n) is 4.47. The highest BCUT2D eigenvalue weighted by molar-refractivity contribution is 6.01. The molecule has 0 bridgehead atoms. The minimum atomic E-state index is 0.705. The zero-order chi connectivity index (χ0) is 18.2. The van der Waals surface area contributed by atoms with Crippen LogP contribution in [0, 0.1) is 0 Å². The van der Waals surface area contributed by atoms with Crippen molar-refractivity contribution >= 4 is 33.6 Å². The van der Waals surface area contributed by atoms with Gasteiger partial charge in [-0.3, -0.25) is 0 Å². The normalized spacial score (nSPS) is 11.1. The van der Waals surface area contributed by atoms with Gasteiger partial charge in [0.1, 0.15) is 0 Å². The van der Waals surface area contributed by atoms with Crippen molar-refractivity contribution in [2.24, 2.45) is 0 Å². The number of nitrogens with one attached hydrogen (secondary N) is 1. The Morgan fingerprint density at radius 1 is 0.741 bits per heavy atom. The molecule has 0 radical (unpaired) electrons. The fourth-order valence-corrected chi connectivity index (χ4v) is 3.14. The van der Waals surface area contributed by atoms with Gasteiger partial charge in [-0.2, -0.15) is 4.52 Å². The van der Waals surface area contributed by atoms with Crippen LogP contribution in [0.2, 0.25) is 0 Å². The van der Waals surface area contributed by atoms with Crippen molar-refractivity contribution in [2.75, 3.05) is 11.1 Å². The van der Waals surface area contributed by atoms with E-state index in [9.17, 15) is 0 Å². The molecule has 130 valence electrons. The smallest absolute Gasteiger partial charge is 0.186 e. The lowest BCUT2D eigenvalue weighted by Gasteiger charge is -2.11. The van der Waals surface area contributed by atoms with Crippen molar-refractivity contribution in [3.05, 3.63) is 78.9 Å². The van der Waals surface area contributed by atoms with E-state index in [0.717, 1.165) is 39.2 Å². The van der Waals surface area contributed by atoms with E-state index in [-0.39, 0.29) is 0 Å². The molecule has 0 atom stereocenters. The van der Waals surface area contributed by atoms with Gasteiger partial charge in [0, 0.05) is 27.7 Å². The molecular formula is C21H16N6. The summed E-state index contributed by atoms with van der Waals surface area (Å²) in [5, 5.41) is 18.9. The minimum absolute atomic E-state index is 0.705. The second-order valence-corrected chi connectivity index (χ2v) is 6.27. The third kappa shape index (κ3) is 2.64. The average molecular weight is 352 g/mol. The Hall–Kier alpha value is -3.93. The molecule has 3 aromatic carbocycles. The molecule has 0 fully saturated rings. The Morgan fingerprint density at radius 3 is 2.22 bits per heavy atom. The van der Waals surface area contributed by atoms with Crippen molar-refractivity contribution in [2.45, 2.75) is 0 Å². The van der Waals surface area contributed by atoms with Gasteiger partial charge in [-0.15, -0.1) is 15.3 Å². The highest BCUT2D eigenvalue weighted by Gasteiger charge is 2.15. The fourth-order valence-electron chi connectivity index (χ4n) is 3.14. The molecule has 0 aliphatic carbocycles. The van der Waals surface area contributed by atoms with Crippen molar-refractivity contribution in [3.63, 3.8) is 0 Å². The van der Waals surface area contributed by atoms with Crippen LogP contribution in [0.4, 0.5) is 17.2 Å². The number of nitrogens with zero attached hydrogens (tertiary/aromatic N) is 4. The number of rotatable bonds is 3. The van der Waals surface area contributed by atoms with Gasteiger partial charge in [0.05, 0.1) is 0 Å². The molecule has 2 heterocycles. The third-order valence-corrected chi connectivity index (χ3v) is 4.47. The Bertz CT molecular complexity index is 1240. The summed E-state index contributed by atoms with van der Waals surface area (Å²) in [5.41, 5.74) is 9.12. The van der Waals surface area contributed by atoms with E-state index in [1.807, 2.05) is 78.9 Å². The van der Waals surface area contributed by atoms with Crippen LogP contribution in [0.25, 0.3) is 27.8 Å². The van der Waals surface area contributed by atoms with Crippen LogP contribution in [0.1, 0.15) is 0 Å². The van der Waals surface area contributed by atoms with E-state index in [1.54, 1.807) is 4.52 Å². The summed E-state index contributed by atoms with van der Waals surface area (Å²) < 4.78 is 1.79. The molecule has 2 aromatic heterocycles. The lowest BCUT2D eigenvalue weighted by Crippen LogP contribution is -2.02. The Kier molecular flexibility index (Phi) is 3.47. The zero-order valence-corrected chi connectivity index (χ0v) is 14.4. The van der Waals surface area contributed by atoms with Crippen LogP contribution in [-0.4, -0.2) is 19.8 Å². The maximum Gasteiger partial charge on any atom is 0.186 e. The van der Waals surface area contributed by atoms with Gasteiger partial charge in [0.15, 0.2) is 17.3 Å². The number of nitrogen functional groups attached to an aromatic ring is 1. The van der Waals surface area contributed by atoms with Crippen molar-refractivity contribution in [3.8, 4) is 11.4 Å². The first kappa shape index (κ1) is 15.3. The van der Waals surface area contributed by atoms with Gasteiger partial charge in [0.2, 0.25) is 0 Å². The predicted molar refractivity (Wildman–Crippen MR) is 108 cm³/mol. The molecule has 0 aliphatic rings. The van der Waals surface area contributed by atoms with Crippen molar-refractivity contribution in [1.82, 2.24) is 19.8 Å². The molecule has 0 saturated carbocycles. The molecule has 0 amide bonds. The average Bonchev–Trinajstić information content (AvgIpc) is 3.14. The number of hydrogen-bond donors (Lipinski definition) is 2. The van der Waals surface area contributed by atoms with Crippen LogP contribution in [0.15, 0.2) is 78.9 Å². The number of benzene rings is 3. The van der Waals surface area contributed by atoms with E-state index in [1.165, 1.54) is 0 Å². The van der Waals surface area contributed by atoms with E-state index in [4.69, 9.17) is 10.8 Å². The topological polar surface area (TPSA) is 81.1 Å². The summed E-state index contributed by atoms with van der Waals surface area (Å²) >= 11 is 0. The van der Waals surface area contributed by atoms with Crippen LogP contribution in [-0.2, 0) is 0 Å². The molecule has 27 heavy (non-hydrogen) atoms. The van der Waals surface area contributed by atoms with E-state index in [0.29, 0.717) is 5.82 Å². The van der Waals surface area contributed by atoms with Crippen LogP contribution >= 0.6 is 0 Å². The standard InChI is InChI=1S/C21H16N6/c22-15-10-12-16(13-11-15)23-19-17-8-4-5-9-18(17)21-25-24-20(27(21)26-19)14-6-2-1-3-7-14/h1-13H,22H2,(H,23,26). The molecule has 0 unspecified atom stereocenters. The number of aromatic nitrogens is 4. The molecule has 6 heteroatoms. The Morgan fingerprint density at radius 2 is 1.44 bits per heavy atom. The first-order chi connectivity index (χ1) is 13.3. The largest absolute Gasteiger partial charge is 0.399 e. The Labute approximate surface area is 155 Å². The first-order valence-electron chi connectivity index (χ1n) is 8.62. The van der Waals surface area contributed by atoms with Gasteiger partial charge in [-0.05, 0) is 24.3 Å². The predicted octanol–water partition coefficient (Wildman–Crippen LogP) is 4.27. The minimum Gasteiger partial charge on any atom is -0.399 e. The van der Waals surface area contributed by atoms with Gasteiger partial charge in [0.25, 0.3) is 0 Å². The van der Waals surface area contributed by atoms with E-state index >= 15 is 0 Å². The summed E-state index contributed by atoms with van der Waals surface area (Å²) in [6.07, 6.45) is 0. The molecule has 5 aromatic rings. The molecule has 3 N–H and O–H groups in total. The first-order valence-corrected chi connectivity index (χ1v) is 8.62. The number of fused-ring (bicyclic) bond motifs is 3. The fraction of sp³-hybridized carbons (Fsp3) is 0. The summed E-state index contributed by atoms with van der Waals surface area (Å²) in [7, 11) is 0. The number of nitrogens with two attached hydrogens (primary N) is 1. The highest BCUT2D eigenvalue weighted by Crippen LogP contribution is 2.29. The lowest BCUT2D eigenvalue weighted by molar-refractivity contribution is 0.951. The summed E-state index contributed by atoms with van der Waals surface area (Å²) in [4.78, 5) is 0. The molecule has 5 rings (SSSR count). The number of anilines is 3. The highest BCUT2D eigenvalue weighted by atomic mass is 15.4. The van der Waals surface area contributed by atoms with Gasteiger partial charge in [-0.1, -0.05) is 54.6 Å². The SMILES string of the molecule is Nc1ccc(Nc2nn3c(-c4ccccc4)nnc3c3ccccc23)cc1. The van der Waals surface area contributed by atoms with E-state index < -0.39 is 0 Å². The van der Waals surface area contributed by atoms with E-state index in [2.05, 4.69) is 15.5 Å². The Balaban J connectivity index is 1.74. The lowest BCUT2D eigenvalue weighted by atomic mass is 10.1. The quantitative estimate of drug-likeness (QED) is 0.474. The summed E-state index contributed by atoms with van der Waals surface area (Å²) in [6.45, 7) is 0. The van der Waals surface area contributed by atoms with Gasteiger partial charge in [-0.25, -0.2) is 0 Å². The molecule has 0 saturated heterocycles. The van der Waals surface area contributed by atoms with Gasteiger partial charge < -0.3 is 11.1 Å². The second-order valence-electron chi connectivity index (χ2n) is 6.27.